The Morgan fingerprint density at radius 3 is 1.75 bits per heavy atom. The zero-order valence-electron chi connectivity index (χ0n) is 9.10. The Balaban J connectivity index is 3.64. The molecule has 0 radical (unpaired) electrons. The van der Waals surface area contributed by atoms with Gasteiger partial charge in [0, 0.05) is 0 Å². The van der Waals surface area contributed by atoms with Crippen LogP contribution in [0.4, 0.5) is 4.39 Å². The van der Waals surface area contributed by atoms with Gasteiger partial charge in [0.1, 0.15) is 6.17 Å². The van der Waals surface area contributed by atoms with Crippen LogP contribution in [0, 0.1) is 17.8 Å². The first-order valence-electron chi connectivity index (χ1n) is 5.09. The highest BCUT2D eigenvalue weighted by Crippen LogP contribution is 2.23. The van der Waals surface area contributed by atoms with Crippen molar-refractivity contribution in [2.24, 2.45) is 17.8 Å². The van der Waals surface area contributed by atoms with E-state index in [1.807, 2.05) is 6.92 Å². The van der Waals surface area contributed by atoms with Crippen molar-refractivity contribution >= 4 is 0 Å². The van der Waals surface area contributed by atoms with Gasteiger partial charge in [-0.1, -0.05) is 40.5 Å². The average Bonchev–Trinajstić information content (AvgIpc) is 1.98. The largest absolute Gasteiger partial charge is 0.247 e. The molecule has 1 heteroatoms. The molecule has 0 aromatic rings. The van der Waals surface area contributed by atoms with Crippen LogP contribution in [0.25, 0.3) is 0 Å². The van der Waals surface area contributed by atoms with Gasteiger partial charge in [0.2, 0.25) is 0 Å². The van der Waals surface area contributed by atoms with E-state index in [0.29, 0.717) is 5.92 Å². The van der Waals surface area contributed by atoms with E-state index in [-0.39, 0.29) is 5.92 Å². The SMILES string of the molecule is CC(C)CCC(C)[C@H](C)C(C)F. The number of hydrogen-bond acceptors (Lipinski definition) is 0. The molecule has 0 rings (SSSR count). The Morgan fingerprint density at radius 1 is 0.917 bits per heavy atom. The van der Waals surface area contributed by atoms with Crippen LogP contribution in [-0.2, 0) is 0 Å². The van der Waals surface area contributed by atoms with E-state index in [4.69, 9.17) is 0 Å². The summed E-state index contributed by atoms with van der Waals surface area (Å²) in [5.74, 6) is 1.48. The fourth-order valence-corrected chi connectivity index (χ4v) is 1.31. The van der Waals surface area contributed by atoms with Crippen LogP contribution < -0.4 is 0 Å². The topological polar surface area (TPSA) is 0 Å². The van der Waals surface area contributed by atoms with Crippen molar-refractivity contribution in [1.82, 2.24) is 0 Å². The molecule has 0 aliphatic rings. The smallest absolute Gasteiger partial charge is 0.100 e. The molecule has 0 aliphatic heterocycles. The molecule has 0 amide bonds. The van der Waals surface area contributed by atoms with Crippen LogP contribution in [0.5, 0.6) is 0 Å². The number of halogens is 1. The molecule has 2 unspecified atom stereocenters. The van der Waals surface area contributed by atoms with Crippen LogP contribution >= 0.6 is 0 Å². The van der Waals surface area contributed by atoms with Gasteiger partial charge >= 0.3 is 0 Å². The predicted molar refractivity (Wildman–Crippen MR) is 53.0 cm³/mol. The summed E-state index contributed by atoms with van der Waals surface area (Å²) in [7, 11) is 0. The lowest BCUT2D eigenvalue weighted by molar-refractivity contribution is 0.193. The van der Waals surface area contributed by atoms with Gasteiger partial charge < -0.3 is 0 Å². The Bertz CT molecular complexity index is 108. The molecular weight excluding hydrogens is 151 g/mol. The third-order valence-corrected chi connectivity index (χ3v) is 2.82. The third-order valence-electron chi connectivity index (χ3n) is 2.82. The van der Waals surface area contributed by atoms with Crippen LogP contribution in [0.1, 0.15) is 47.5 Å². The van der Waals surface area contributed by atoms with Crippen molar-refractivity contribution < 1.29 is 4.39 Å². The van der Waals surface area contributed by atoms with E-state index < -0.39 is 6.17 Å². The van der Waals surface area contributed by atoms with E-state index in [9.17, 15) is 4.39 Å². The maximum atomic E-state index is 12.9. The first-order valence-corrected chi connectivity index (χ1v) is 5.09. The highest BCUT2D eigenvalue weighted by molar-refractivity contribution is 4.67. The number of alkyl halides is 1. The minimum absolute atomic E-state index is 0.212. The molecule has 0 fully saturated rings. The Kier molecular flexibility index (Phi) is 5.52. The molecule has 0 aromatic carbocycles. The maximum Gasteiger partial charge on any atom is 0.100 e. The molecule has 74 valence electrons. The van der Waals surface area contributed by atoms with E-state index in [2.05, 4.69) is 20.8 Å². The van der Waals surface area contributed by atoms with Crippen molar-refractivity contribution in [3.8, 4) is 0 Å². The lowest BCUT2D eigenvalue weighted by Gasteiger charge is -2.21. The lowest BCUT2D eigenvalue weighted by atomic mass is 9.87. The Morgan fingerprint density at radius 2 is 1.42 bits per heavy atom. The van der Waals surface area contributed by atoms with Crippen molar-refractivity contribution in [3.63, 3.8) is 0 Å². The van der Waals surface area contributed by atoms with Crippen LogP contribution in [0.3, 0.4) is 0 Å². The highest BCUT2D eigenvalue weighted by atomic mass is 19.1. The van der Waals surface area contributed by atoms with E-state index in [0.717, 1.165) is 12.3 Å². The molecule has 0 N–H and O–H groups in total. The molecule has 0 bridgehead atoms. The first kappa shape index (κ1) is 11.9. The molecule has 0 saturated heterocycles. The molecule has 0 aliphatic carbocycles. The van der Waals surface area contributed by atoms with Crippen molar-refractivity contribution in [2.75, 3.05) is 0 Å². The monoisotopic (exact) mass is 174 g/mol. The van der Waals surface area contributed by atoms with Crippen LogP contribution in [-0.4, -0.2) is 6.17 Å². The maximum absolute atomic E-state index is 12.9. The molecule has 0 nitrogen and oxygen atoms in total. The van der Waals surface area contributed by atoms with E-state index in [1.165, 1.54) is 6.42 Å². The van der Waals surface area contributed by atoms with Gasteiger partial charge in [0.25, 0.3) is 0 Å². The van der Waals surface area contributed by atoms with E-state index in [1.54, 1.807) is 6.92 Å². The van der Waals surface area contributed by atoms with Crippen molar-refractivity contribution in [1.29, 1.82) is 0 Å². The normalized spacial score (nSPS) is 19.2. The predicted octanol–water partition coefficient (Wildman–Crippen LogP) is 4.05. The second-order valence-corrected chi connectivity index (χ2v) is 4.49. The second kappa shape index (κ2) is 5.55. The summed E-state index contributed by atoms with van der Waals surface area (Å²) in [5.41, 5.74) is 0. The summed E-state index contributed by atoms with van der Waals surface area (Å²) in [6.07, 6.45) is 1.72. The molecule has 12 heavy (non-hydrogen) atoms. The molecule has 0 heterocycles. The zero-order valence-corrected chi connectivity index (χ0v) is 9.10. The average molecular weight is 174 g/mol. The summed E-state index contributed by atoms with van der Waals surface area (Å²) in [5, 5.41) is 0. The summed E-state index contributed by atoms with van der Waals surface area (Å²) in [6, 6.07) is 0. The summed E-state index contributed by atoms with van der Waals surface area (Å²) >= 11 is 0. The quantitative estimate of drug-likeness (QED) is 0.589. The van der Waals surface area contributed by atoms with Crippen molar-refractivity contribution in [3.05, 3.63) is 0 Å². The number of hydrogen-bond donors (Lipinski definition) is 0. The highest BCUT2D eigenvalue weighted by Gasteiger charge is 2.18. The third kappa shape index (κ3) is 4.74. The first-order chi connectivity index (χ1) is 5.45. The van der Waals surface area contributed by atoms with Gasteiger partial charge in [-0.15, -0.1) is 0 Å². The number of rotatable bonds is 5. The molecular formula is C11H23F. The second-order valence-electron chi connectivity index (χ2n) is 4.49. The molecule has 3 atom stereocenters. The van der Waals surface area contributed by atoms with Gasteiger partial charge in [0.15, 0.2) is 0 Å². The molecule has 0 saturated carbocycles. The molecule has 0 spiro atoms. The van der Waals surface area contributed by atoms with Crippen molar-refractivity contribution in [2.45, 2.75) is 53.6 Å². The summed E-state index contributed by atoms with van der Waals surface area (Å²) < 4.78 is 12.9. The summed E-state index contributed by atoms with van der Waals surface area (Å²) in [4.78, 5) is 0. The zero-order chi connectivity index (χ0) is 9.72. The van der Waals surface area contributed by atoms with Gasteiger partial charge in [-0.25, -0.2) is 4.39 Å². The minimum atomic E-state index is -0.660. The van der Waals surface area contributed by atoms with Gasteiger partial charge in [0.05, 0.1) is 0 Å². The Hall–Kier alpha value is -0.0700. The Labute approximate surface area is 76.6 Å². The van der Waals surface area contributed by atoms with E-state index >= 15 is 0 Å². The fraction of sp³-hybridized carbons (Fsp3) is 1.00. The van der Waals surface area contributed by atoms with Crippen LogP contribution in [0.2, 0.25) is 0 Å². The molecule has 0 aromatic heterocycles. The van der Waals surface area contributed by atoms with Crippen LogP contribution in [0.15, 0.2) is 0 Å². The fourth-order valence-electron chi connectivity index (χ4n) is 1.31. The lowest BCUT2D eigenvalue weighted by Crippen LogP contribution is -2.17. The summed E-state index contributed by atoms with van der Waals surface area (Å²) in [6.45, 7) is 10.3. The standard InChI is InChI=1S/C11H23F/c1-8(2)6-7-9(3)10(4)11(5)12/h8-11H,6-7H2,1-5H3/t9?,10-,11?/m0/s1. The van der Waals surface area contributed by atoms with Gasteiger partial charge in [-0.05, 0) is 24.7 Å². The van der Waals surface area contributed by atoms with Gasteiger partial charge in [-0.2, -0.15) is 0 Å². The van der Waals surface area contributed by atoms with Gasteiger partial charge in [-0.3, -0.25) is 0 Å². The minimum Gasteiger partial charge on any atom is -0.247 e.